The number of imidazole rings is 1. The van der Waals surface area contributed by atoms with Gasteiger partial charge in [-0.2, -0.15) is 0 Å². The highest BCUT2D eigenvalue weighted by Crippen LogP contribution is 2.30. The van der Waals surface area contributed by atoms with Crippen molar-refractivity contribution in [1.82, 2.24) is 9.55 Å². The molecule has 112 valence electrons. The van der Waals surface area contributed by atoms with Crippen molar-refractivity contribution < 1.29 is 17.9 Å². The minimum Gasteiger partial charge on any atom is -0.497 e. The van der Waals surface area contributed by atoms with Crippen molar-refractivity contribution in [3.63, 3.8) is 0 Å². The molecule has 0 spiro atoms. The standard InChI is InChI=1S/C12H12ClN3O4S/c1-7-15-11(6-16(7)12(14)17)21(18,19)10-5-8(20-2)3-4-9(10)13/h3-6H,1-2H3,(H2,14,17). The molecule has 0 fully saturated rings. The van der Waals surface area contributed by atoms with E-state index in [0.717, 1.165) is 10.8 Å². The van der Waals surface area contributed by atoms with Gasteiger partial charge in [-0.3, -0.25) is 4.57 Å². The smallest absolute Gasteiger partial charge is 0.324 e. The zero-order valence-corrected chi connectivity index (χ0v) is 12.8. The molecule has 0 saturated carbocycles. The number of carbonyl (C=O) groups is 1. The topological polar surface area (TPSA) is 104 Å². The summed E-state index contributed by atoms with van der Waals surface area (Å²) in [6.45, 7) is 1.47. The van der Waals surface area contributed by atoms with Crippen LogP contribution in [0.25, 0.3) is 0 Å². The van der Waals surface area contributed by atoms with Gasteiger partial charge in [-0.1, -0.05) is 11.6 Å². The highest BCUT2D eigenvalue weighted by molar-refractivity contribution is 7.91. The fraction of sp³-hybridized carbons (Fsp3) is 0.167. The van der Waals surface area contributed by atoms with Gasteiger partial charge in [0.15, 0.2) is 5.03 Å². The fourth-order valence-electron chi connectivity index (χ4n) is 1.73. The van der Waals surface area contributed by atoms with Crippen LogP contribution >= 0.6 is 11.6 Å². The maximum atomic E-state index is 12.5. The first-order valence-corrected chi connectivity index (χ1v) is 7.58. The molecule has 2 N–H and O–H groups in total. The van der Waals surface area contributed by atoms with Gasteiger partial charge in [0, 0.05) is 6.07 Å². The summed E-state index contributed by atoms with van der Waals surface area (Å²) in [5, 5.41) is -0.281. The lowest BCUT2D eigenvalue weighted by Crippen LogP contribution is -2.19. The van der Waals surface area contributed by atoms with Crippen LogP contribution in [0, 0.1) is 6.92 Å². The number of hydrogen-bond donors (Lipinski definition) is 1. The predicted octanol–water partition coefficient (Wildman–Crippen LogP) is 1.61. The van der Waals surface area contributed by atoms with Crippen LogP contribution in [-0.4, -0.2) is 31.1 Å². The third-order valence-electron chi connectivity index (χ3n) is 2.80. The molecule has 7 nitrogen and oxygen atoms in total. The highest BCUT2D eigenvalue weighted by atomic mass is 35.5. The quantitative estimate of drug-likeness (QED) is 0.921. The molecular formula is C12H12ClN3O4S. The summed E-state index contributed by atoms with van der Waals surface area (Å²) in [6.07, 6.45) is 1.06. The van der Waals surface area contributed by atoms with E-state index in [1.165, 1.54) is 32.2 Å². The highest BCUT2D eigenvalue weighted by Gasteiger charge is 2.26. The van der Waals surface area contributed by atoms with E-state index in [9.17, 15) is 13.2 Å². The zero-order valence-electron chi connectivity index (χ0n) is 11.2. The molecule has 0 unspecified atom stereocenters. The van der Waals surface area contributed by atoms with Crippen LogP contribution in [0.3, 0.4) is 0 Å². The number of aromatic nitrogens is 2. The molecule has 1 amide bonds. The molecule has 21 heavy (non-hydrogen) atoms. The van der Waals surface area contributed by atoms with Crippen molar-refractivity contribution in [3.05, 3.63) is 35.2 Å². The second kappa shape index (κ2) is 5.38. The Balaban J connectivity index is 2.62. The monoisotopic (exact) mass is 329 g/mol. The first-order valence-electron chi connectivity index (χ1n) is 5.72. The number of amides is 1. The number of nitrogens with zero attached hydrogens (tertiary/aromatic N) is 2. The normalized spacial score (nSPS) is 11.4. The first-order chi connectivity index (χ1) is 9.77. The van der Waals surface area contributed by atoms with E-state index in [0.29, 0.717) is 5.75 Å². The summed E-state index contributed by atoms with van der Waals surface area (Å²) in [6, 6.07) is 3.41. The number of halogens is 1. The van der Waals surface area contributed by atoms with Gasteiger partial charge >= 0.3 is 6.03 Å². The van der Waals surface area contributed by atoms with E-state index in [-0.39, 0.29) is 20.8 Å². The van der Waals surface area contributed by atoms with Crippen molar-refractivity contribution in [2.75, 3.05) is 7.11 Å². The largest absolute Gasteiger partial charge is 0.497 e. The Labute approximate surface area is 126 Å². The van der Waals surface area contributed by atoms with E-state index < -0.39 is 15.9 Å². The Kier molecular flexibility index (Phi) is 3.93. The minimum atomic E-state index is -3.99. The fourth-order valence-corrected chi connectivity index (χ4v) is 3.47. The van der Waals surface area contributed by atoms with Crippen LogP contribution in [0.5, 0.6) is 5.75 Å². The van der Waals surface area contributed by atoms with Crippen LogP contribution in [-0.2, 0) is 9.84 Å². The van der Waals surface area contributed by atoms with Gasteiger partial charge in [0.1, 0.15) is 11.6 Å². The van der Waals surface area contributed by atoms with Crippen molar-refractivity contribution in [2.24, 2.45) is 5.73 Å². The van der Waals surface area contributed by atoms with Crippen LogP contribution in [0.1, 0.15) is 5.82 Å². The molecule has 1 aromatic heterocycles. The number of ether oxygens (including phenoxy) is 1. The molecule has 0 aliphatic heterocycles. The Hall–Kier alpha value is -2.06. The lowest BCUT2D eigenvalue weighted by atomic mass is 10.3. The van der Waals surface area contributed by atoms with Crippen molar-refractivity contribution in [3.8, 4) is 5.75 Å². The van der Waals surface area contributed by atoms with Crippen LogP contribution < -0.4 is 10.5 Å². The van der Waals surface area contributed by atoms with Gasteiger partial charge in [0.05, 0.1) is 23.2 Å². The number of sulfone groups is 1. The third-order valence-corrected chi connectivity index (χ3v) is 4.91. The van der Waals surface area contributed by atoms with E-state index in [1.54, 1.807) is 0 Å². The summed E-state index contributed by atoms with van der Waals surface area (Å²) in [5.41, 5.74) is 5.13. The van der Waals surface area contributed by atoms with E-state index in [1.807, 2.05) is 0 Å². The maximum absolute atomic E-state index is 12.5. The number of benzene rings is 1. The lowest BCUT2D eigenvalue weighted by molar-refractivity contribution is 0.250. The van der Waals surface area contributed by atoms with Gasteiger partial charge in [0.2, 0.25) is 9.84 Å². The van der Waals surface area contributed by atoms with Crippen LogP contribution in [0.4, 0.5) is 4.79 Å². The SMILES string of the molecule is COc1ccc(Cl)c(S(=O)(=O)c2cn(C(N)=O)c(C)n2)c1. The van der Waals surface area contributed by atoms with Gasteiger partial charge in [-0.15, -0.1) is 0 Å². The number of rotatable bonds is 3. The number of aryl methyl sites for hydroxylation is 1. The molecule has 9 heteroatoms. The molecule has 2 aromatic rings. The molecule has 0 saturated heterocycles. The van der Waals surface area contributed by atoms with Crippen LogP contribution in [0.2, 0.25) is 5.02 Å². The molecule has 0 radical (unpaired) electrons. The van der Waals surface area contributed by atoms with Gasteiger partial charge in [-0.05, 0) is 19.1 Å². The molecule has 1 aromatic carbocycles. The number of primary amides is 1. The first kappa shape index (κ1) is 15.3. The summed E-state index contributed by atoms with van der Waals surface area (Å²) in [5.74, 6) is 0.504. The average Bonchev–Trinajstić information content (AvgIpc) is 2.82. The number of methoxy groups -OCH3 is 1. The molecular weight excluding hydrogens is 318 g/mol. The Morgan fingerprint density at radius 2 is 2.10 bits per heavy atom. The number of hydrogen-bond acceptors (Lipinski definition) is 5. The predicted molar refractivity (Wildman–Crippen MR) is 75.4 cm³/mol. The molecule has 0 aliphatic rings. The van der Waals surface area contributed by atoms with Gasteiger partial charge < -0.3 is 10.5 Å². The Morgan fingerprint density at radius 3 is 2.62 bits per heavy atom. The van der Waals surface area contributed by atoms with Crippen molar-refractivity contribution >= 4 is 27.5 Å². The summed E-state index contributed by atoms with van der Waals surface area (Å²) in [7, 11) is -2.58. The molecule has 0 bridgehead atoms. The number of nitrogens with two attached hydrogens (primary N) is 1. The van der Waals surface area contributed by atoms with Crippen molar-refractivity contribution in [2.45, 2.75) is 16.8 Å². The van der Waals surface area contributed by atoms with Gasteiger partial charge in [0.25, 0.3) is 0 Å². The lowest BCUT2D eigenvalue weighted by Gasteiger charge is -2.06. The average molecular weight is 330 g/mol. The second-order valence-corrected chi connectivity index (χ2v) is 6.41. The molecule has 0 atom stereocenters. The zero-order chi connectivity index (χ0) is 15.8. The molecule has 0 aliphatic carbocycles. The summed E-state index contributed by atoms with van der Waals surface area (Å²) >= 11 is 5.94. The third kappa shape index (κ3) is 2.72. The second-order valence-electron chi connectivity index (χ2n) is 4.13. The van der Waals surface area contributed by atoms with E-state index >= 15 is 0 Å². The minimum absolute atomic E-state index is 0.0297. The molecule has 2 rings (SSSR count). The van der Waals surface area contributed by atoms with E-state index in [2.05, 4.69) is 4.98 Å². The van der Waals surface area contributed by atoms with Gasteiger partial charge in [-0.25, -0.2) is 18.2 Å². The summed E-state index contributed by atoms with van der Waals surface area (Å²) in [4.78, 5) is 14.9. The van der Waals surface area contributed by atoms with Crippen molar-refractivity contribution in [1.29, 1.82) is 0 Å². The summed E-state index contributed by atoms with van der Waals surface area (Å²) < 4.78 is 31.0. The van der Waals surface area contributed by atoms with Crippen LogP contribution in [0.15, 0.2) is 34.3 Å². The Bertz CT molecular complexity index is 814. The maximum Gasteiger partial charge on any atom is 0.324 e. The Morgan fingerprint density at radius 1 is 1.43 bits per heavy atom. The molecule has 1 heterocycles. The number of carbonyl (C=O) groups excluding carboxylic acids is 1. The van der Waals surface area contributed by atoms with E-state index in [4.69, 9.17) is 22.1 Å².